The van der Waals surface area contributed by atoms with Crippen LogP contribution in [0, 0.1) is 0 Å². The van der Waals surface area contributed by atoms with Crippen LogP contribution >= 0.6 is 0 Å². The lowest BCUT2D eigenvalue weighted by Gasteiger charge is -2.07. The Morgan fingerprint density at radius 2 is 2.00 bits per heavy atom. The fourth-order valence-electron chi connectivity index (χ4n) is 1.75. The molecule has 0 radical (unpaired) electrons. The molecule has 1 aliphatic rings. The zero-order valence-electron chi connectivity index (χ0n) is 11.0. The van der Waals surface area contributed by atoms with Crippen molar-refractivity contribution in [3.05, 3.63) is 12.2 Å². The zero-order chi connectivity index (χ0) is 11.9. The van der Waals surface area contributed by atoms with Crippen LogP contribution in [-0.4, -0.2) is 18.0 Å². The number of nitrogens with zero attached hydrogens (tertiary/aromatic N) is 1. The maximum absolute atomic E-state index is 5.48. The predicted octanol–water partition coefficient (Wildman–Crippen LogP) is 4.11. The van der Waals surface area contributed by atoms with Gasteiger partial charge in [0.05, 0.1) is 5.54 Å². The average Bonchev–Trinajstić information content (AvgIpc) is 2.57. The molecule has 1 aliphatic heterocycles. The minimum atomic E-state index is -0.0270. The summed E-state index contributed by atoms with van der Waals surface area (Å²) in [6.45, 7) is 7.15. The first-order chi connectivity index (χ1) is 7.64. The molecule has 0 aromatic carbocycles. The molecule has 1 rings (SSSR count). The van der Waals surface area contributed by atoms with Gasteiger partial charge in [0, 0.05) is 0 Å². The van der Waals surface area contributed by atoms with Gasteiger partial charge in [-0.1, -0.05) is 38.7 Å². The van der Waals surface area contributed by atoms with Crippen molar-refractivity contribution >= 4 is 5.90 Å². The van der Waals surface area contributed by atoms with Gasteiger partial charge in [0.1, 0.15) is 6.61 Å². The number of unbranched alkanes of at least 4 members (excludes halogenated alkanes) is 5. The first-order valence-corrected chi connectivity index (χ1v) is 6.53. The van der Waals surface area contributed by atoms with Crippen LogP contribution in [-0.2, 0) is 4.74 Å². The maximum atomic E-state index is 5.48. The molecule has 0 spiro atoms. The van der Waals surface area contributed by atoms with Crippen molar-refractivity contribution in [3.63, 3.8) is 0 Å². The molecule has 92 valence electrons. The molecule has 0 aliphatic carbocycles. The van der Waals surface area contributed by atoms with Crippen LogP contribution in [0.15, 0.2) is 17.1 Å². The minimum absolute atomic E-state index is 0.0270. The standard InChI is InChI=1S/C14H25NO/c1-4-5-6-7-8-9-10-11-13-15-14(2,3)12-16-13/h10-11H,4-9,12H2,1-3H3/b11-10-. The molecule has 0 saturated carbocycles. The second-order valence-corrected chi connectivity index (χ2v) is 5.16. The second-order valence-electron chi connectivity index (χ2n) is 5.16. The highest BCUT2D eigenvalue weighted by atomic mass is 16.5. The van der Waals surface area contributed by atoms with E-state index in [4.69, 9.17) is 4.74 Å². The van der Waals surface area contributed by atoms with E-state index < -0.39 is 0 Å². The van der Waals surface area contributed by atoms with Crippen molar-refractivity contribution in [3.8, 4) is 0 Å². The average molecular weight is 223 g/mol. The third kappa shape index (κ3) is 5.34. The van der Waals surface area contributed by atoms with Gasteiger partial charge in [-0.2, -0.15) is 0 Å². The molecule has 0 unspecified atom stereocenters. The second kappa shape index (κ2) is 6.72. The van der Waals surface area contributed by atoms with Crippen LogP contribution in [0.4, 0.5) is 0 Å². The van der Waals surface area contributed by atoms with Crippen molar-refractivity contribution in [2.45, 2.75) is 64.8 Å². The normalized spacial score (nSPS) is 18.8. The van der Waals surface area contributed by atoms with Crippen molar-refractivity contribution in [1.29, 1.82) is 0 Å². The van der Waals surface area contributed by atoms with Crippen molar-refractivity contribution in [2.24, 2.45) is 4.99 Å². The summed E-state index contributed by atoms with van der Waals surface area (Å²) < 4.78 is 5.48. The van der Waals surface area contributed by atoms with E-state index >= 15 is 0 Å². The summed E-state index contributed by atoms with van der Waals surface area (Å²) in [5.74, 6) is 0.804. The smallest absolute Gasteiger partial charge is 0.208 e. The van der Waals surface area contributed by atoms with Crippen molar-refractivity contribution in [2.75, 3.05) is 6.61 Å². The monoisotopic (exact) mass is 223 g/mol. The Hall–Kier alpha value is -0.790. The highest BCUT2D eigenvalue weighted by Crippen LogP contribution is 2.17. The van der Waals surface area contributed by atoms with Crippen LogP contribution in [0.5, 0.6) is 0 Å². The van der Waals surface area contributed by atoms with E-state index in [9.17, 15) is 0 Å². The summed E-state index contributed by atoms with van der Waals surface area (Å²) in [5.41, 5.74) is -0.0270. The highest BCUT2D eigenvalue weighted by molar-refractivity contribution is 5.89. The SMILES string of the molecule is CCCCCCC/C=C\C1=NC(C)(C)CO1. The topological polar surface area (TPSA) is 21.6 Å². The number of ether oxygens (including phenoxy) is 1. The van der Waals surface area contributed by atoms with Crippen LogP contribution < -0.4 is 0 Å². The van der Waals surface area contributed by atoms with Gasteiger partial charge in [0.25, 0.3) is 0 Å². The van der Waals surface area contributed by atoms with Crippen molar-refractivity contribution in [1.82, 2.24) is 0 Å². The van der Waals surface area contributed by atoms with Crippen LogP contribution in [0.25, 0.3) is 0 Å². The first kappa shape index (κ1) is 13.3. The van der Waals surface area contributed by atoms with Gasteiger partial charge in [0.15, 0.2) is 0 Å². The van der Waals surface area contributed by atoms with E-state index in [1.165, 1.54) is 32.1 Å². The molecule has 0 atom stereocenters. The molecule has 1 heterocycles. The number of hydrogen-bond donors (Lipinski definition) is 0. The summed E-state index contributed by atoms with van der Waals surface area (Å²) in [5, 5.41) is 0. The third-order valence-corrected chi connectivity index (χ3v) is 2.72. The number of aliphatic imine (C=N–C) groups is 1. The Kier molecular flexibility index (Phi) is 5.58. The summed E-state index contributed by atoms with van der Waals surface area (Å²) in [6.07, 6.45) is 12.0. The first-order valence-electron chi connectivity index (χ1n) is 6.53. The molecule has 0 fully saturated rings. The van der Waals surface area contributed by atoms with Gasteiger partial charge >= 0.3 is 0 Å². The molecular weight excluding hydrogens is 198 g/mol. The lowest BCUT2D eigenvalue weighted by molar-refractivity contribution is 0.280. The maximum Gasteiger partial charge on any atom is 0.208 e. The summed E-state index contributed by atoms with van der Waals surface area (Å²) >= 11 is 0. The van der Waals surface area contributed by atoms with E-state index in [1.54, 1.807) is 0 Å². The number of allylic oxidation sites excluding steroid dienone is 1. The highest BCUT2D eigenvalue weighted by Gasteiger charge is 2.24. The molecule has 0 amide bonds. The molecule has 0 bridgehead atoms. The Morgan fingerprint density at radius 3 is 2.62 bits per heavy atom. The molecule has 0 N–H and O–H groups in total. The van der Waals surface area contributed by atoms with Gasteiger partial charge in [-0.15, -0.1) is 0 Å². The van der Waals surface area contributed by atoms with Crippen LogP contribution in [0.1, 0.15) is 59.3 Å². The number of hydrogen-bond acceptors (Lipinski definition) is 2. The van der Waals surface area contributed by atoms with Crippen molar-refractivity contribution < 1.29 is 4.74 Å². The molecule has 2 heteroatoms. The van der Waals surface area contributed by atoms with E-state index in [-0.39, 0.29) is 5.54 Å². The van der Waals surface area contributed by atoms with Gasteiger partial charge in [0.2, 0.25) is 5.90 Å². The molecular formula is C14H25NO. The van der Waals surface area contributed by atoms with Gasteiger partial charge in [-0.25, -0.2) is 4.99 Å². The Balaban J connectivity index is 2.09. The summed E-state index contributed by atoms with van der Waals surface area (Å²) in [6, 6.07) is 0. The van der Waals surface area contributed by atoms with Gasteiger partial charge in [-0.05, 0) is 32.8 Å². The fraction of sp³-hybridized carbons (Fsp3) is 0.786. The van der Waals surface area contributed by atoms with E-state index in [0.29, 0.717) is 6.61 Å². The Bertz CT molecular complexity index is 253. The lowest BCUT2D eigenvalue weighted by Crippen LogP contribution is -2.17. The minimum Gasteiger partial charge on any atom is -0.475 e. The van der Waals surface area contributed by atoms with Gasteiger partial charge in [-0.3, -0.25) is 0 Å². The predicted molar refractivity (Wildman–Crippen MR) is 70.0 cm³/mol. The van der Waals surface area contributed by atoms with E-state index in [2.05, 4.69) is 31.8 Å². The third-order valence-electron chi connectivity index (χ3n) is 2.72. The fourth-order valence-corrected chi connectivity index (χ4v) is 1.75. The lowest BCUT2D eigenvalue weighted by atomic mass is 10.1. The van der Waals surface area contributed by atoms with Crippen LogP contribution in [0.3, 0.4) is 0 Å². The molecule has 0 aromatic rings. The Labute approximate surface area is 99.8 Å². The molecule has 0 saturated heterocycles. The van der Waals surface area contributed by atoms with E-state index in [1.807, 2.05) is 6.08 Å². The summed E-state index contributed by atoms with van der Waals surface area (Å²) in [4.78, 5) is 4.48. The van der Waals surface area contributed by atoms with Gasteiger partial charge < -0.3 is 4.74 Å². The number of rotatable bonds is 7. The molecule has 16 heavy (non-hydrogen) atoms. The quantitative estimate of drug-likeness (QED) is 0.595. The summed E-state index contributed by atoms with van der Waals surface area (Å²) in [7, 11) is 0. The zero-order valence-corrected chi connectivity index (χ0v) is 11.0. The van der Waals surface area contributed by atoms with Crippen LogP contribution in [0.2, 0.25) is 0 Å². The molecule has 0 aromatic heterocycles. The Morgan fingerprint density at radius 1 is 1.25 bits per heavy atom. The van der Waals surface area contributed by atoms with E-state index in [0.717, 1.165) is 12.3 Å². The largest absolute Gasteiger partial charge is 0.475 e. The molecule has 2 nitrogen and oxygen atoms in total.